The average molecular weight is 575 g/mol. The van der Waals surface area contributed by atoms with Gasteiger partial charge in [-0.2, -0.15) is 0 Å². The lowest BCUT2D eigenvalue weighted by atomic mass is 9.91. The number of ether oxygens (including phenoxy) is 2. The highest BCUT2D eigenvalue weighted by Gasteiger charge is 2.19. The second-order valence-electron chi connectivity index (χ2n) is 10.7. The van der Waals surface area contributed by atoms with Crippen molar-refractivity contribution in [2.24, 2.45) is 0 Å². The molecule has 5 aromatic carbocycles. The molecule has 5 aromatic rings. The van der Waals surface area contributed by atoms with Gasteiger partial charge in [0.15, 0.2) is 0 Å². The highest BCUT2D eigenvalue weighted by molar-refractivity contribution is 6.10. The van der Waals surface area contributed by atoms with Gasteiger partial charge in [-0.25, -0.2) is 0 Å². The summed E-state index contributed by atoms with van der Waals surface area (Å²) in [5, 5.41) is 13.8. The van der Waals surface area contributed by atoms with Crippen molar-refractivity contribution in [3.63, 3.8) is 0 Å². The van der Waals surface area contributed by atoms with E-state index in [-0.39, 0.29) is 13.2 Å². The third kappa shape index (κ3) is 6.55. The SMILES string of the molecule is CCCOc1ccc2cc(C#CC3=CCCC=C3)ccc2c1-c1c(OCCO)ccc2cc(C#Cc3ccccc3)ccc12. The number of hydrogen-bond acceptors (Lipinski definition) is 3. The third-order valence-corrected chi connectivity index (χ3v) is 7.49. The number of allylic oxidation sites excluding steroid dienone is 4. The molecule has 0 unspecified atom stereocenters. The summed E-state index contributed by atoms with van der Waals surface area (Å²) in [5.41, 5.74) is 5.84. The zero-order valence-corrected chi connectivity index (χ0v) is 24.9. The van der Waals surface area contributed by atoms with Gasteiger partial charge >= 0.3 is 0 Å². The summed E-state index contributed by atoms with van der Waals surface area (Å²) in [7, 11) is 0. The molecule has 0 fully saturated rings. The van der Waals surface area contributed by atoms with Gasteiger partial charge in [-0.15, -0.1) is 0 Å². The van der Waals surface area contributed by atoms with Crippen LogP contribution in [-0.2, 0) is 0 Å². The third-order valence-electron chi connectivity index (χ3n) is 7.49. The average Bonchev–Trinajstić information content (AvgIpc) is 3.08. The summed E-state index contributed by atoms with van der Waals surface area (Å²) < 4.78 is 12.5. The Bertz CT molecular complexity index is 1990. The fraction of sp³-hybridized carbons (Fsp3) is 0.171. The predicted molar refractivity (Wildman–Crippen MR) is 181 cm³/mol. The molecule has 0 spiro atoms. The Balaban J connectivity index is 1.51. The quantitative estimate of drug-likeness (QED) is 0.197. The lowest BCUT2D eigenvalue weighted by molar-refractivity contribution is 0.202. The van der Waals surface area contributed by atoms with Crippen LogP contribution < -0.4 is 9.47 Å². The molecule has 0 heterocycles. The monoisotopic (exact) mass is 574 g/mol. The maximum absolute atomic E-state index is 9.62. The lowest BCUT2D eigenvalue weighted by Crippen LogP contribution is -2.04. The molecule has 1 aliphatic rings. The van der Waals surface area contributed by atoms with Crippen LogP contribution in [0.1, 0.15) is 42.9 Å². The number of fused-ring (bicyclic) bond motifs is 2. The van der Waals surface area contributed by atoms with E-state index in [2.05, 4.69) is 97.4 Å². The molecule has 0 saturated carbocycles. The van der Waals surface area contributed by atoms with Gasteiger partial charge in [0.25, 0.3) is 0 Å². The zero-order valence-electron chi connectivity index (χ0n) is 24.9. The van der Waals surface area contributed by atoms with Gasteiger partial charge < -0.3 is 14.6 Å². The van der Waals surface area contributed by atoms with E-state index in [4.69, 9.17) is 9.47 Å². The normalized spacial score (nSPS) is 12.2. The Hall–Kier alpha value is -5.22. The van der Waals surface area contributed by atoms with Gasteiger partial charge in [-0.05, 0) is 89.3 Å². The van der Waals surface area contributed by atoms with Crippen molar-refractivity contribution < 1.29 is 14.6 Å². The first kappa shape index (κ1) is 28.9. The molecule has 0 aromatic heterocycles. The van der Waals surface area contributed by atoms with Gasteiger partial charge in [0.2, 0.25) is 0 Å². The molecule has 44 heavy (non-hydrogen) atoms. The molecule has 1 aliphatic carbocycles. The largest absolute Gasteiger partial charge is 0.493 e. The highest BCUT2D eigenvalue weighted by Crippen LogP contribution is 2.46. The van der Waals surface area contributed by atoms with E-state index in [0.717, 1.165) is 79.9 Å². The first-order valence-electron chi connectivity index (χ1n) is 15.2. The van der Waals surface area contributed by atoms with Crippen molar-refractivity contribution in [3.05, 3.63) is 131 Å². The molecule has 1 N–H and O–H groups in total. The van der Waals surface area contributed by atoms with Gasteiger partial charge in [-0.1, -0.05) is 91.3 Å². The lowest BCUT2D eigenvalue weighted by Gasteiger charge is -2.19. The second-order valence-corrected chi connectivity index (χ2v) is 10.7. The van der Waals surface area contributed by atoms with Crippen LogP contribution >= 0.6 is 0 Å². The van der Waals surface area contributed by atoms with E-state index >= 15 is 0 Å². The van der Waals surface area contributed by atoms with Crippen LogP contribution in [-0.4, -0.2) is 24.9 Å². The zero-order chi connectivity index (χ0) is 30.1. The first-order chi connectivity index (χ1) is 21.7. The molecule has 0 bridgehead atoms. The van der Waals surface area contributed by atoms with Gasteiger partial charge in [-0.3, -0.25) is 0 Å². The van der Waals surface area contributed by atoms with E-state index in [1.807, 2.05) is 42.5 Å². The molecule has 6 rings (SSSR count). The molecule has 0 aliphatic heterocycles. The molecule has 0 atom stereocenters. The topological polar surface area (TPSA) is 38.7 Å². The summed E-state index contributed by atoms with van der Waals surface area (Å²) in [5.74, 6) is 14.7. The molecule has 3 heteroatoms. The maximum Gasteiger partial charge on any atom is 0.128 e. The molecule has 0 saturated heterocycles. The first-order valence-corrected chi connectivity index (χ1v) is 15.2. The van der Waals surface area contributed by atoms with E-state index in [1.165, 1.54) is 0 Å². The van der Waals surface area contributed by atoms with E-state index < -0.39 is 0 Å². The minimum Gasteiger partial charge on any atom is -0.493 e. The highest BCUT2D eigenvalue weighted by atomic mass is 16.5. The molecule has 0 amide bonds. The summed E-state index contributed by atoms with van der Waals surface area (Å²) in [6.07, 6.45) is 9.47. The van der Waals surface area contributed by atoms with E-state index in [1.54, 1.807) is 0 Å². The smallest absolute Gasteiger partial charge is 0.128 e. The molecule has 0 radical (unpaired) electrons. The minimum absolute atomic E-state index is 0.0755. The molecular formula is C41H34O3. The van der Waals surface area contributed by atoms with Gasteiger partial charge in [0, 0.05) is 33.4 Å². The van der Waals surface area contributed by atoms with Crippen LogP contribution in [0.15, 0.2) is 115 Å². The Morgan fingerprint density at radius 1 is 0.636 bits per heavy atom. The van der Waals surface area contributed by atoms with Crippen molar-refractivity contribution >= 4 is 21.5 Å². The number of hydrogen-bond donors (Lipinski definition) is 1. The van der Waals surface area contributed by atoms with Crippen LogP contribution in [0.5, 0.6) is 11.5 Å². The summed E-state index contributed by atoms with van der Waals surface area (Å²) in [4.78, 5) is 0. The Labute approximate surface area is 259 Å². The second kappa shape index (κ2) is 13.8. The molecule has 216 valence electrons. The molecular weight excluding hydrogens is 540 g/mol. The number of aliphatic hydroxyl groups is 1. The van der Waals surface area contributed by atoms with Crippen LogP contribution in [0.2, 0.25) is 0 Å². The Kier molecular flexibility index (Phi) is 9.08. The number of rotatable bonds is 7. The van der Waals surface area contributed by atoms with Crippen molar-refractivity contribution in [2.75, 3.05) is 19.8 Å². The van der Waals surface area contributed by atoms with Crippen molar-refractivity contribution in [1.82, 2.24) is 0 Å². The molecule has 3 nitrogen and oxygen atoms in total. The van der Waals surface area contributed by atoms with Crippen LogP contribution in [0, 0.1) is 23.7 Å². The Morgan fingerprint density at radius 3 is 1.84 bits per heavy atom. The van der Waals surface area contributed by atoms with Crippen LogP contribution in [0.4, 0.5) is 0 Å². The maximum atomic E-state index is 9.62. The van der Waals surface area contributed by atoms with Crippen LogP contribution in [0.25, 0.3) is 32.7 Å². The fourth-order valence-electron chi connectivity index (χ4n) is 5.42. The Morgan fingerprint density at radius 2 is 1.25 bits per heavy atom. The summed E-state index contributed by atoms with van der Waals surface area (Å²) >= 11 is 0. The van der Waals surface area contributed by atoms with Crippen molar-refractivity contribution in [1.29, 1.82) is 0 Å². The summed E-state index contributed by atoms with van der Waals surface area (Å²) in [6, 6.07) is 30.8. The van der Waals surface area contributed by atoms with Gasteiger partial charge in [0.1, 0.15) is 18.1 Å². The predicted octanol–water partition coefficient (Wildman–Crippen LogP) is 8.85. The van der Waals surface area contributed by atoms with Gasteiger partial charge in [0.05, 0.1) is 13.2 Å². The summed E-state index contributed by atoms with van der Waals surface area (Å²) in [6.45, 7) is 2.82. The van der Waals surface area contributed by atoms with Crippen LogP contribution in [0.3, 0.4) is 0 Å². The van der Waals surface area contributed by atoms with Crippen molar-refractivity contribution in [3.8, 4) is 46.3 Å². The minimum atomic E-state index is -0.0755. The van der Waals surface area contributed by atoms with E-state index in [0.29, 0.717) is 12.4 Å². The standard InChI is InChI=1S/C41H34O3/c1-2-26-43-38-23-19-34-28-32(15-13-30-9-5-3-6-10-30)17-21-36(34)40(38)41-37-22-18-33(16-14-31-11-7-4-8-12-31)29-35(37)20-24-39(41)44-27-25-42/h4-5,7-12,17-24,28-29,42H,2-3,6,25-27H2,1H3. The number of aliphatic hydroxyl groups excluding tert-OH is 1. The number of benzene rings is 5. The van der Waals surface area contributed by atoms with E-state index in [9.17, 15) is 5.11 Å². The van der Waals surface area contributed by atoms with Crippen molar-refractivity contribution in [2.45, 2.75) is 26.2 Å². The fourth-order valence-corrected chi connectivity index (χ4v) is 5.42.